The zero-order chi connectivity index (χ0) is 11.3. The number of nitrogens with one attached hydrogen (secondary N) is 1. The van der Waals surface area contributed by atoms with Gasteiger partial charge in [0.05, 0.1) is 23.0 Å². The zero-order valence-electron chi connectivity index (χ0n) is 10.3. The fraction of sp³-hybridized carbons (Fsp3) is 0.700. The second kappa shape index (κ2) is 4.06. The van der Waals surface area contributed by atoms with E-state index in [0.29, 0.717) is 0 Å². The van der Waals surface area contributed by atoms with Crippen LogP contribution >= 0.6 is 12.4 Å². The van der Waals surface area contributed by atoms with Crippen molar-refractivity contribution in [1.29, 1.82) is 0 Å². The first-order valence-electron chi connectivity index (χ1n) is 5.19. The Balaban J connectivity index is 0.00000128. The van der Waals surface area contributed by atoms with Crippen molar-refractivity contribution < 1.29 is 9.31 Å². The van der Waals surface area contributed by atoms with Crippen LogP contribution in [0, 0.1) is 6.92 Å². The smallest absolute Gasteiger partial charge is 0.398 e. The van der Waals surface area contributed by atoms with E-state index in [9.17, 15) is 0 Å². The normalized spacial score (nSPS) is 21.9. The van der Waals surface area contributed by atoms with E-state index < -0.39 is 0 Å². The standard InChI is InChI=1S/C10H17BN2O2.ClH/c1-7-6-12-13-8(7)11-14-9(2,3)10(4,5)15-11;/h6H,1-5H3,(H,12,13);1H. The minimum Gasteiger partial charge on any atom is -0.398 e. The molecule has 1 aromatic heterocycles. The second-order valence-corrected chi connectivity index (χ2v) is 5.05. The molecule has 1 aliphatic rings. The van der Waals surface area contributed by atoms with Gasteiger partial charge in [0.15, 0.2) is 0 Å². The maximum atomic E-state index is 5.90. The van der Waals surface area contributed by atoms with E-state index in [1.54, 1.807) is 6.20 Å². The largest absolute Gasteiger partial charge is 0.514 e. The van der Waals surface area contributed by atoms with Gasteiger partial charge in [0, 0.05) is 0 Å². The summed E-state index contributed by atoms with van der Waals surface area (Å²) in [6, 6.07) is 0. The molecule has 1 aliphatic heterocycles. The molecule has 90 valence electrons. The number of aromatic amines is 1. The van der Waals surface area contributed by atoms with Crippen molar-refractivity contribution in [2.45, 2.75) is 45.8 Å². The van der Waals surface area contributed by atoms with Crippen molar-refractivity contribution in [3.05, 3.63) is 11.8 Å². The summed E-state index contributed by atoms with van der Waals surface area (Å²) >= 11 is 0. The molecule has 0 amide bonds. The van der Waals surface area contributed by atoms with Gasteiger partial charge in [0.1, 0.15) is 0 Å². The molecule has 2 heterocycles. The van der Waals surface area contributed by atoms with Gasteiger partial charge >= 0.3 is 7.12 Å². The number of hydrogen-bond acceptors (Lipinski definition) is 3. The maximum Gasteiger partial charge on any atom is 0.514 e. The molecule has 0 unspecified atom stereocenters. The van der Waals surface area contributed by atoms with Gasteiger partial charge in [-0.1, -0.05) is 0 Å². The van der Waals surface area contributed by atoms with Crippen LogP contribution in [0.1, 0.15) is 33.3 Å². The maximum absolute atomic E-state index is 5.90. The lowest BCUT2D eigenvalue weighted by atomic mass is 9.82. The van der Waals surface area contributed by atoms with Crippen molar-refractivity contribution in [3.8, 4) is 0 Å². The van der Waals surface area contributed by atoms with Gasteiger partial charge < -0.3 is 9.31 Å². The summed E-state index contributed by atoms with van der Waals surface area (Å²) in [7, 11) is -0.336. The Labute approximate surface area is 103 Å². The van der Waals surface area contributed by atoms with Crippen molar-refractivity contribution in [3.63, 3.8) is 0 Å². The Morgan fingerprint density at radius 1 is 1.19 bits per heavy atom. The van der Waals surface area contributed by atoms with Crippen molar-refractivity contribution >= 4 is 25.1 Å². The lowest BCUT2D eigenvalue weighted by Crippen LogP contribution is -2.41. The molecule has 0 aromatic carbocycles. The van der Waals surface area contributed by atoms with E-state index in [1.165, 1.54) is 0 Å². The van der Waals surface area contributed by atoms with Gasteiger partial charge in [-0.25, -0.2) is 0 Å². The number of aryl methyl sites for hydroxylation is 1. The van der Waals surface area contributed by atoms with Crippen LogP contribution in [-0.2, 0) is 9.31 Å². The molecule has 4 nitrogen and oxygen atoms in total. The lowest BCUT2D eigenvalue weighted by molar-refractivity contribution is 0.00578. The van der Waals surface area contributed by atoms with Crippen molar-refractivity contribution in [2.24, 2.45) is 0 Å². The average Bonchev–Trinajstić information content (AvgIpc) is 2.55. The number of halogens is 1. The van der Waals surface area contributed by atoms with Crippen LogP contribution in [0.25, 0.3) is 0 Å². The molecular formula is C10H18BClN2O2. The molecule has 0 atom stereocenters. The highest BCUT2D eigenvalue weighted by Crippen LogP contribution is 2.36. The Hall–Kier alpha value is -0.515. The van der Waals surface area contributed by atoms with E-state index in [0.717, 1.165) is 11.2 Å². The van der Waals surface area contributed by atoms with Crippen molar-refractivity contribution in [2.75, 3.05) is 0 Å². The SMILES string of the molecule is Cc1cn[nH]c1B1OC(C)(C)C(C)(C)O1.Cl. The summed E-state index contributed by atoms with van der Waals surface area (Å²) in [6.07, 6.45) is 1.78. The third kappa shape index (κ3) is 1.99. The molecular weight excluding hydrogens is 226 g/mol. The predicted molar refractivity (Wildman–Crippen MR) is 66.3 cm³/mol. The van der Waals surface area contributed by atoms with E-state index in [4.69, 9.17) is 9.31 Å². The number of aromatic nitrogens is 2. The molecule has 0 spiro atoms. The van der Waals surface area contributed by atoms with E-state index in [-0.39, 0.29) is 30.7 Å². The van der Waals surface area contributed by atoms with Crippen LogP contribution in [0.3, 0.4) is 0 Å². The fourth-order valence-corrected chi connectivity index (χ4v) is 1.56. The molecule has 16 heavy (non-hydrogen) atoms. The van der Waals surface area contributed by atoms with Crippen LogP contribution in [0.2, 0.25) is 0 Å². The topological polar surface area (TPSA) is 47.1 Å². The Bertz CT molecular complexity index is 363. The van der Waals surface area contributed by atoms with Gasteiger partial charge in [-0.05, 0) is 40.2 Å². The summed E-state index contributed by atoms with van der Waals surface area (Å²) in [5.41, 5.74) is 1.38. The first kappa shape index (κ1) is 13.5. The summed E-state index contributed by atoms with van der Waals surface area (Å²) in [6.45, 7) is 10.2. The first-order chi connectivity index (χ1) is 6.83. The Morgan fingerprint density at radius 2 is 1.69 bits per heavy atom. The molecule has 0 aliphatic carbocycles. The summed E-state index contributed by atoms with van der Waals surface area (Å²) in [5.74, 6) is 0. The monoisotopic (exact) mass is 244 g/mol. The van der Waals surface area contributed by atoms with Crippen LogP contribution in [0.15, 0.2) is 6.20 Å². The molecule has 1 fully saturated rings. The second-order valence-electron chi connectivity index (χ2n) is 5.05. The van der Waals surface area contributed by atoms with Crippen LogP contribution in [0.4, 0.5) is 0 Å². The third-order valence-corrected chi connectivity index (χ3v) is 3.36. The molecule has 1 N–H and O–H groups in total. The van der Waals surface area contributed by atoms with E-state index in [2.05, 4.69) is 10.2 Å². The highest BCUT2D eigenvalue weighted by Gasteiger charge is 2.52. The molecule has 0 radical (unpaired) electrons. The average molecular weight is 245 g/mol. The number of rotatable bonds is 1. The van der Waals surface area contributed by atoms with Crippen molar-refractivity contribution in [1.82, 2.24) is 10.2 Å². The lowest BCUT2D eigenvalue weighted by Gasteiger charge is -2.32. The number of hydrogen-bond donors (Lipinski definition) is 1. The van der Waals surface area contributed by atoms with E-state index >= 15 is 0 Å². The quantitative estimate of drug-likeness (QED) is 0.761. The van der Waals surface area contributed by atoms with E-state index in [1.807, 2.05) is 34.6 Å². The molecule has 0 saturated carbocycles. The van der Waals surface area contributed by atoms with Crippen LogP contribution in [-0.4, -0.2) is 28.5 Å². The first-order valence-corrected chi connectivity index (χ1v) is 5.19. The molecule has 2 rings (SSSR count). The summed E-state index contributed by atoms with van der Waals surface area (Å²) < 4.78 is 11.8. The van der Waals surface area contributed by atoms with Gasteiger partial charge in [0.25, 0.3) is 0 Å². The molecule has 1 aromatic rings. The van der Waals surface area contributed by atoms with Gasteiger partial charge in [-0.15, -0.1) is 12.4 Å². The molecule has 6 heteroatoms. The van der Waals surface area contributed by atoms with Gasteiger partial charge in [-0.3, -0.25) is 5.10 Å². The van der Waals surface area contributed by atoms with Gasteiger partial charge in [-0.2, -0.15) is 5.10 Å². The zero-order valence-corrected chi connectivity index (χ0v) is 11.1. The third-order valence-electron chi connectivity index (χ3n) is 3.36. The van der Waals surface area contributed by atoms with Crippen LogP contribution in [0.5, 0.6) is 0 Å². The Morgan fingerprint density at radius 3 is 2.06 bits per heavy atom. The minimum absolute atomic E-state index is 0. The predicted octanol–water partition coefficient (Wildman–Crippen LogP) is 1.44. The highest BCUT2D eigenvalue weighted by atomic mass is 35.5. The summed E-state index contributed by atoms with van der Waals surface area (Å²) in [4.78, 5) is 0. The van der Waals surface area contributed by atoms with Crippen LogP contribution < -0.4 is 5.59 Å². The number of nitrogens with zero attached hydrogens (tertiary/aromatic N) is 1. The summed E-state index contributed by atoms with van der Waals surface area (Å²) in [5, 5.41) is 6.90. The fourth-order valence-electron chi connectivity index (χ4n) is 1.56. The molecule has 0 bridgehead atoms. The highest BCUT2D eigenvalue weighted by molar-refractivity contribution is 6.61. The minimum atomic E-state index is -0.336. The van der Waals surface area contributed by atoms with Gasteiger partial charge in [0.2, 0.25) is 0 Å². The Kier molecular flexibility index (Phi) is 3.43. The molecule has 1 saturated heterocycles. The number of H-pyrrole nitrogens is 1.